The number of amides is 1. The molecule has 1 aliphatic rings. The fraction of sp³-hybridized carbons (Fsp3) is 0.500. The van der Waals surface area contributed by atoms with Gasteiger partial charge in [-0.3, -0.25) is 14.8 Å². The zero-order valence-corrected chi connectivity index (χ0v) is 16.0. The molecule has 3 rings (SSSR count). The highest BCUT2D eigenvalue weighted by Gasteiger charge is 2.12. The third-order valence-electron chi connectivity index (χ3n) is 4.36. The van der Waals surface area contributed by atoms with Gasteiger partial charge in [0, 0.05) is 25.6 Å². The second-order valence-electron chi connectivity index (χ2n) is 6.96. The van der Waals surface area contributed by atoms with Crippen molar-refractivity contribution >= 4 is 11.7 Å². The SMILES string of the molecule is CC(C)Oc1ccc(-c2cc(NC(=O)CCCN3CCOCC3)n[nH]2)cc1. The summed E-state index contributed by atoms with van der Waals surface area (Å²) in [4.78, 5) is 14.5. The average molecular weight is 372 g/mol. The van der Waals surface area contributed by atoms with E-state index in [4.69, 9.17) is 9.47 Å². The van der Waals surface area contributed by atoms with Gasteiger partial charge >= 0.3 is 0 Å². The van der Waals surface area contributed by atoms with E-state index in [9.17, 15) is 4.79 Å². The molecule has 0 aliphatic carbocycles. The van der Waals surface area contributed by atoms with Gasteiger partial charge in [-0.1, -0.05) is 0 Å². The molecular formula is C20H28N4O3. The van der Waals surface area contributed by atoms with E-state index in [0.29, 0.717) is 12.2 Å². The van der Waals surface area contributed by atoms with Crippen molar-refractivity contribution in [2.75, 3.05) is 38.2 Å². The Labute approximate surface area is 160 Å². The Morgan fingerprint density at radius 1 is 1.30 bits per heavy atom. The minimum atomic E-state index is -0.0120. The molecule has 27 heavy (non-hydrogen) atoms. The van der Waals surface area contributed by atoms with Crippen LogP contribution in [0.25, 0.3) is 11.3 Å². The topological polar surface area (TPSA) is 79.5 Å². The predicted molar refractivity (Wildman–Crippen MR) is 105 cm³/mol. The Morgan fingerprint density at radius 3 is 2.74 bits per heavy atom. The van der Waals surface area contributed by atoms with Crippen LogP contribution in [0.1, 0.15) is 26.7 Å². The first-order chi connectivity index (χ1) is 13.1. The molecule has 0 unspecified atom stereocenters. The zero-order chi connectivity index (χ0) is 19.1. The van der Waals surface area contributed by atoms with E-state index in [0.717, 1.165) is 56.3 Å². The average Bonchev–Trinajstić information content (AvgIpc) is 3.11. The number of aromatic amines is 1. The molecular weight excluding hydrogens is 344 g/mol. The molecule has 2 N–H and O–H groups in total. The molecule has 1 amide bonds. The summed E-state index contributed by atoms with van der Waals surface area (Å²) in [5.74, 6) is 1.37. The van der Waals surface area contributed by atoms with Crippen molar-refractivity contribution in [2.24, 2.45) is 0 Å². The smallest absolute Gasteiger partial charge is 0.225 e. The van der Waals surface area contributed by atoms with E-state index >= 15 is 0 Å². The molecule has 2 aromatic rings. The van der Waals surface area contributed by atoms with Gasteiger partial charge in [-0.2, -0.15) is 5.10 Å². The van der Waals surface area contributed by atoms with Crippen LogP contribution in [0, 0.1) is 0 Å². The molecule has 7 heteroatoms. The number of morpholine rings is 1. The van der Waals surface area contributed by atoms with Crippen molar-refractivity contribution in [1.82, 2.24) is 15.1 Å². The normalized spacial score (nSPS) is 15.1. The summed E-state index contributed by atoms with van der Waals surface area (Å²) in [7, 11) is 0. The highest BCUT2D eigenvalue weighted by molar-refractivity contribution is 5.90. The van der Waals surface area contributed by atoms with Crippen LogP contribution in [0.15, 0.2) is 30.3 Å². The van der Waals surface area contributed by atoms with E-state index < -0.39 is 0 Å². The molecule has 0 saturated carbocycles. The van der Waals surface area contributed by atoms with Gasteiger partial charge in [0.1, 0.15) is 5.75 Å². The molecule has 1 aliphatic heterocycles. The lowest BCUT2D eigenvalue weighted by Crippen LogP contribution is -2.37. The second kappa shape index (κ2) is 9.53. The van der Waals surface area contributed by atoms with Crippen molar-refractivity contribution in [3.63, 3.8) is 0 Å². The third kappa shape index (κ3) is 6.08. The summed E-state index contributed by atoms with van der Waals surface area (Å²) in [6.45, 7) is 8.39. The summed E-state index contributed by atoms with van der Waals surface area (Å²) in [6.07, 6.45) is 1.47. The molecule has 0 spiro atoms. The lowest BCUT2D eigenvalue weighted by atomic mass is 10.1. The van der Waals surface area contributed by atoms with Gasteiger partial charge in [0.15, 0.2) is 5.82 Å². The molecule has 2 heterocycles. The number of hydrogen-bond acceptors (Lipinski definition) is 5. The van der Waals surface area contributed by atoms with Gasteiger partial charge < -0.3 is 14.8 Å². The lowest BCUT2D eigenvalue weighted by molar-refractivity contribution is -0.116. The highest BCUT2D eigenvalue weighted by Crippen LogP contribution is 2.23. The molecule has 1 fully saturated rings. The quantitative estimate of drug-likeness (QED) is 0.745. The van der Waals surface area contributed by atoms with Gasteiger partial charge in [0.2, 0.25) is 5.91 Å². The Hall–Kier alpha value is -2.38. The summed E-state index contributed by atoms with van der Waals surface area (Å²) in [5.41, 5.74) is 1.85. The molecule has 1 aromatic carbocycles. The number of carbonyl (C=O) groups excluding carboxylic acids is 1. The van der Waals surface area contributed by atoms with E-state index in [1.165, 1.54) is 0 Å². The summed E-state index contributed by atoms with van der Waals surface area (Å²) >= 11 is 0. The summed E-state index contributed by atoms with van der Waals surface area (Å²) < 4.78 is 11.0. The van der Waals surface area contributed by atoms with E-state index in [1.807, 2.05) is 44.2 Å². The van der Waals surface area contributed by atoms with Crippen molar-refractivity contribution in [2.45, 2.75) is 32.8 Å². The Kier molecular flexibility index (Phi) is 6.84. The minimum Gasteiger partial charge on any atom is -0.491 e. The first-order valence-electron chi connectivity index (χ1n) is 9.52. The van der Waals surface area contributed by atoms with Crippen molar-refractivity contribution < 1.29 is 14.3 Å². The molecule has 0 atom stereocenters. The zero-order valence-electron chi connectivity index (χ0n) is 16.0. The molecule has 0 radical (unpaired) electrons. The number of aromatic nitrogens is 2. The van der Waals surface area contributed by atoms with Crippen LogP contribution in [0.5, 0.6) is 5.75 Å². The number of benzene rings is 1. The number of nitrogens with one attached hydrogen (secondary N) is 2. The van der Waals surface area contributed by atoms with Gasteiger partial charge in [0.25, 0.3) is 0 Å². The van der Waals surface area contributed by atoms with Crippen molar-refractivity contribution in [1.29, 1.82) is 0 Å². The van der Waals surface area contributed by atoms with E-state index in [-0.39, 0.29) is 12.0 Å². The van der Waals surface area contributed by atoms with Crippen LogP contribution in [0.2, 0.25) is 0 Å². The van der Waals surface area contributed by atoms with Gasteiger partial charge in [-0.15, -0.1) is 0 Å². The number of anilines is 1. The first kappa shape index (κ1) is 19.4. The number of H-pyrrole nitrogens is 1. The van der Waals surface area contributed by atoms with Crippen molar-refractivity contribution in [3.05, 3.63) is 30.3 Å². The second-order valence-corrected chi connectivity index (χ2v) is 6.96. The Balaban J connectivity index is 1.46. The largest absolute Gasteiger partial charge is 0.491 e. The van der Waals surface area contributed by atoms with Crippen LogP contribution >= 0.6 is 0 Å². The fourth-order valence-electron chi connectivity index (χ4n) is 3.01. The maximum absolute atomic E-state index is 12.1. The number of rotatable bonds is 8. The van der Waals surface area contributed by atoms with Crippen LogP contribution in [0.4, 0.5) is 5.82 Å². The fourth-order valence-corrected chi connectivity index (χ4v) is 3.01. The number of carbonyl (C=O) groups is 1. The molecule has 1 aromatic heterocycles. The van der Waals surface area contributed by atoms with Gasteiger partial charge in [-0.25, -0.2) is 0 Å². The van der Waals surface area contributed by atoms with Gasteiger partial charge in [0.05, 0.1) is 25.0 Å². The monoisotopic (exact) mass is 372 g/mol. The highest BCUT2D eigenvalue weighted by atomic mass is 16.5. The van der Waals surface area contributed by atoms with Crippen LogP contribution in [-0.4, -0.2) is 60.0 Å². The molecule has 7 nitrogen and oxygen atoms in total. The Morgan fingerprint density at radius 2 is 2.04 bits per heavy atom. The van der Waals surface area contributed by atoms with Crippen molar-refractivity contribution in [3.8, 4) is 17.0 Å². The Bertz CT molecular complexity index is 721. The lowest BCUT2D eigenvalue weighted by Gasteiger charge is -2.26. The summed E-state index contributed by atoms with van der Waals surface area (Å²) in [6, 6.07) is 9.65. The molecule has 146 valence electrons. The number of ether oxygens (including phenoxy) is 2. The number of nitrogens with zero attached hydrogens (tertiary/aromatic N) is 2. The van der Waals surface area contributed by atoms with Crippen LogP contribution < -0.4 is 10.1 Å². The third-order valence-corrected chi connectivity index (χ3v) is 4.36. The minimum absolute atomic E-state index is 0.0120. The predicted octanol–water partition coefficient (Wildman–Crippen LogP) is 2.91. The standard InChI is InChI=1S/C20H28N4O3/c1-15(2)27-17-7-5-16(6-8-17)18-14-19(23-22-18)21-20(25)4-3-9-24-10-12-26-13-11-24/h5-8,14-15H,3-4,9-13H2,1-2H3,(H2,21,22,23,25). The first-order valence-corrected chi connectivity index (χ1v) is 9.52. The maximum Gasteiger partial charge on any atom is 0.225 e. The summed E-state index contributed by atoms with van der Waals surface area (Å²) in [5, 5.41) is 10.0. The van der Waals surface area contributed by atoms with Crippen LogP contribution in [-0.2, 0) is 9.53 Å². The van der Waals surface area contributed by atoms with Gasteiger partial charge in [-0.05, 0) is 56.6 Å². The molecule has 0 bridgehead atoms. The molecule has 1 saturated heterocycles. The van der Waals surface area contributed by atoms with E-state index in [1.54, 1.807) is 0 Å². The number of hydrogen-bond donors (Lipinski definition) is 2. The maximum atomic E-state index is 12.1. The van der Waals surface area contributed by atoms with Crippen LogP contribution in [0.3, 0.4) is 0 Å². The van der Waals surface area contributed by atoms with E-state index in [2.05, 4.69) is 20.4 Å².